The molecular formula is C15H15NO3. The Bertz CT molecular complexity index is 572. The average Bonchev–Trinajstić information content (AvgIpc) is 2.87. The number of aromatic nitrogens is 1. The van der Waals surface area contributed by atoms with Gasteiger partial charge in [0.05, 0.1) is 13.0 Å². The molecule has 98 valence electrons. The standard InChI is InChI=1S/C15H15NO3/c1-2-19-14(17)9-13-8-12(10-16-13)15(18)11-6-4-3-5-7-11/h3-8,10,16H,2,9H2,1H3. The first-order valence-electron chi connectivity index (χ1n) is 6.13. The van der Waals surface area contributed by atoms with Crippen LogP contribution in [0.3, 0.4) is 0 Å². The van der Waals surface area contributed by atoms with Crippen LogP contribution < -0.4 is 0 Å². The van der Waals surface area contributed by atoms with Gasteiger partial charge in [0, 0.05) is 23.0 Å². The number of H-pyrrole nitrogens is 1. The van der Waals surface area contributed by atoms with Crippen molar-refractivity contribution in [3.63, 3.8) is 0 Å². The first-order chi connectivity index (χ1) is 9.20. The van der Waals surface area contributed by atoms with Crippen molar-refractivity contribution >= 4 is 11.8 Å². The number of ketones is 1. The number of esters is 1. The molecule has 4 nitrogen and oxygen atoms in total. The van der Waals surface area contributed by atoms with Crippen molar-refractivity contribution in [2.24, 2.45) is 0 Å². The molecule has 0 aliphatic carbocycles. The highest BCUT2D eigenvalue weighted by Crippen LogP contribution is 2.11. The molecule has 1 aromatic carbocycles. The fraction of sp³-hybridized carbons (Fsp3) is 0.200. The molecule has 4 heteroatoms. The Morgan fingerprint density at radius 2 is 1.89 bits per heavy atom. The number of aromatic amines is 1. The van der Waals surface area contributed by atoms with Gasteiger partial charge in [-0.15, -0.1) is 0 Å². The summed E-state index contributed by atoms with van der Waals surface area (Å²) in [6.45, 7) is 2.12. The number of carbonyl (C=O) groups is 2. The van der Waals surface area contributed by atoms with Gasteiger partial charge in [0.1, 0.15) is 0 Å². The molecule has 0 saturated carbocycles. The molecular weight excluding hydrogens is 242 g/mol. The maximum atomic E-state index is 12.1. The Morgan fingerprint density at radius 3 is 2.58 bits per heavy atom. The summed E-state index contributed by atoms with van der Waals surface area (Å²) in [6, 6.07) is 10.7. The van der Waals surface area contributed by atoms with E-state index in [-0.39, 0.29) is 18.2 Å². The monoisotopic (exact) mass is 257 g/mol. The Labute approximate surface area is 111 Å². The van der Waals surface area contributed by atoms with E-state index in [0.29, 0.717) is 23.4 Å². The van der Waals surface area contributed by atoms with Gasteiger partial charge in [-0.05, 0) is 13.0 Å². The first kappa shape index (κ1) is 13.1. The lowest BCUT2D eigenvalue weighted by Crippen LogP contribution is -2.07. The maximum Gasteiger partial charge on any atom is 0.311 e. The molecule has 1 heterocycles. The van der Waals surface area contributed by atoms with Crippen molar-refractivity contribution < 1.29 is 14.3 Å². The van der Waals surface area contributed by atoms with Crippen molar-refractivity contribution in [3.05, 3.63) is 59.4 Å². The van der Waals surface area contributed by atoms with Gasteiger partial charge in [0.2, 0.25) is 0 Å². The highest BCUT2D eigenvalue weighted by Gasteiger charge is 2.12. The van der Waals surface area contributed by atoms with Crippen molar-refractivity contribution in [3.8, 4) is 0 Å². The van der Waals surface area contributed by atoms with Crippen LogP contribution in [0.5, 0.6) is 0 Å². The van der Waals surface area contributed by atoms with E-state index in [4.69, 9.17) is 4.74 Å². The molecule has 0 saturated heterocycles. The summed E-state index contributed by atoms with van der Waals surface area (Å²) >= 11 is 0. The minimum absolute atomic E-state index is 0.0630. The summed E-state index contributed by atoms with van der Waals surface area (Å²) in [4.78, 5) is 26.4. The molecule has 0 fully saturated rings. The number of hydrogen-bond acceptors (Lipinski definition) is 3. The summed E-state index contributed by atoms with van der Waals surface area (Å²) in [7, 11) is 0. The second-order valence-electron chi connectivity index (χ2n) is 4.09. The van der Waals surface area contributed by atoms with Crippen LogP contribution in [0, 0.1) is 0 Å². The molecule has 19 heavy (non-hydrogen) atoms. The molecule has 2 aromatic rings. The molecule has 2 rings (SSSR count). The van der Waals surface area contributed by atoms with E-state index < -0.39 is 0 Å². The Balaban J connectivity index is 2.09. The van der Waals surface area contributed by atoms with Crippen LogP contribution >= 0.6 is 0 Å². The van der Waals surface area contributed by atoms with Crippen LogP contribution in [0.15, 0.2) is 42.6 Å². The van der Waals surface area contributed by atoms with Crippen LogP contribution in [-0.2, 0) is 16.0 Å². The topological polar surface area (TPSA) is 59.2 Å². The minimum atomic E-state index is -0.303. The van der Waals surface area contributed by atoms with Gasteiger partial charge in [-0.3, -0.25) is 9.59 Å². The largest absolute Gasteiger partial charge is 0.466 e. The maximum absolute atomic E-state index is 12.1. The summed E-state index contributed by atoms with van der Waals surface area (Å²) < 4.78 is 4.86. The number of benzene rings is 1. The van der Waals surface area contributed by atoms with E-state index >= 15 is 0 Å². The fourth-order valence-electron chi connectivity index (χ4n) is 1.80. The second kappa shape index (κ2) is 6.00. The van der Waals surface area contributed by atoms with E-state index in [1.807, 2.05) is 18.2 Å². The molecule has 0 amide bonds. The van der Waals surface area contributed by atoms with Gasteiger partial charge in [0.25, 0.3) is 0 Å². The molecule has 0 spiro atoms. The second-order valence-corrected chi connectivity index (χ2v) is 4.09. The molecule has 0 bridgehead atoms. The average molecular weight is 257 g/mol. The van der Waals surface area contributed by atoms with Crippen LogP contribution in [0.2, 0.25) is 0 Å². The Hall–Kier alpha value is -2.36. The fourth-order valence-corrected chi connectivity index (χ4v) is 1.80. The quantitative estimate of drug-likeness (QED) is 0.660. The van der Waals surface area contributed by atoms with Crippen molar-refractivity contribution in [1.82, 2.24) is 4.98 Å². The normalized spacial score (nSPS) is 10.2. The lowest BCUT2D eigenvalue weighted by atomic mass is 10.1. The van der Waals surface area contributed by atoms with E-state index in [1.54, 1.807) is 31.3 Å². The number of ether oxygens (including phenoxy) is 1. The SMILES string of the molecule is CCOC(=O)Cc1cc(C(=O)c2ccccc2)c[nH]1. The van der Waals surface area contributed by atoms with Gasteiger partial charge in [-0.25, -0.2) is 0 Å². The summed E-state index contributed by atoms with van der Waals surface area (Å²) in [5.41, 5.74) is 1.85. The number of hydrogen-bond donors (Lipinski definition) is 1. The van der Waals surface area contributed by atoms with E-state index in [1.165, 1.54) is 0 Å². The number of carbonyl (C=O) groups excluding carboxylic acids is 2. The van der Waals surface area contributed by atoms with E-state index in [2.05, 4.69) is 4.98 Å². The minimum Gasteiger partial charge on any atom is -0.466 e. The highest BCUT2D eigenvalue weighted by molar-refractivity contribution is 6.09. The highest BCUT2D eigenvalue weighted by atomic mass is 16.5. The third-order valence-electron chi connectivity index (χ3n) is 2.68. The van der Waals surface area contributed by atoms with Gasteiger partial charge >= 0.3 is 5.97 Å². The van der Waals surface area contributed by atoms with Crippen molar-refractivity contribution in [2.75, 3.05) is 6.61 Å². The van der Waals surface area contributed by atoms with Gasteiger partial charge in [-0.2, -0.15) is 0 Å². The van der Waals surface area contributed by atoms with Crippen molar-refractivity contribution in [1.29, 1.82) is 0 Å². The first-order valence-corrected chi connectivity index (χ1v) is 6.13. The smallest absolute Gasteiger partial charge is 0.311 e. The van der Waals surface area contributed by atoms with Crippen LogP contribution in [0.4, 0.5) is 0 Å². The van der Waals surface area contributed by atoms with E-state index in [9.17, 15) is 9.59 Å². The van der Waals surface area contributed by atoms with Crippen LogP contribution in [0.25, 0.3) is 0 Å². The summed E-state index contributed by atoms with van der Waals surface area (Å²) in [5, 5.41) is 0. The predicted molar refractivity (Wildman–Crippen MR) is 71.0 cm³/mol. The third-order valence-corrected chi connectivity index (χ3v) is 2.68. The number of nitrogens with one attached hydrogen (secondary N) is 1. The molecule has 1 aromatic heterocycles. The zero-order valence-corrected chi connectivity index (χ0v) is 10.7. The summed E-state index contributed by atoms with van der Waals surface area (Å²) in [6.07, 6.45) is 1.76. The Kier molecular flexibility index (Phi) is 4.13. The molecule has 0 unspecified atom stereocenters. The molecule has 0 aliphatic heterocycles. The number of rotatable bonds is 5. The predicted octanol–water partition coefficient (Wildman–Crippen LogP) is 2.35. The lowest BCUT2D eigenvalue weighted by molar-refractivity contribution is -0.142. The van der Waals surface area contributed by atoms with Crippen LogP contribution in [0.1, 0.15) is 28.5 Å². The van der Waals surface area contributed by atoms with E-state index in [0.717, 1.165) is 0 Å². The van der Waals surface area contributed by atoms with Gasteiger partial charge in [0.15, 0.2) is 5.78 Å². The Morgan fingerprint density at radius 1 is 1.16 bits per heavy atom. The molecule has 0 radical (unpaired) electrons. The van der Waals surface area contributed by atoms with Crippen molar-refractivity contribution in [2.45, 2.75) is 13.3 Å². The lowest BCUT2D eigenvalue weighted by Gasteiger charge is -1.99. The van der Waals surface area contributed by atoms with Crippen LogP contribution in [-0.4, -0.2) is 23.3 Å². The van der Waals surface area contributed by atoms with Gasteiger partial charge in [-0.1, -0.05) is 30.3 Å². The molecule has 0 aliphatic rings. The zero-order valence-electron chi connectivity index (χ0n) is 10.7. The third kappa shape index (κ3) is 3.31. The molecule has 0 atom stereocenters. The summed E-state index contributed by atoms with van der Waals surface area (Å²) in [5.74, 6) is -0.366. The van der Waals surface area contributed by atoms with Gasteiger partial charge < -0.3 is 9.72 Å². The zero-order chi connectivity index (χ0) is 13.7. The molecule has 1 N–H and O–H groups in total.